The van der Waals surface area contributed by atoms with Gasteiger partial charge in [0.1, 0.15) is 6.04 Å². The molecule has 0 aromatic heterocycles. The Kier molecular flexibility index (Phi) is 6.32. The van der Waals surface area contributed by atoms with E-state index in [2.05, 4.69) is 5.32 Å². The molecule has 2 heterocycles. The molecule has 1 N–H and O–H groups in total. The van der Waals surface area contributed by atoms with Gasteiger partial charge in [-0.25, -0.2) is 8.42 Å². The summed E-state index contributed by atoms with van der Waals surface area (Å²) < 4.78 is 32.7. The molecule has 1 atom stereocenters. The molecule has 2 aliphatic heterocycles. The van der Waals surface area contributed by atoms with Crippen LogP contribution in [-0.2, 0) is 37.3 Å². The molecule has 32 heavy (non-hydrogen) atoms. The van der Waals surface area contributed by atoms with Crippen LogP contribution in [0.5, 0.6) is 0 Å². The number of nitrogens with zero attached hydrogens (tertiary/aromatic N) is 2. The van der Waals surface area contributed by atoms with Crippen LogP contribution in [0, 0.1) is 6.92 Å². The van der Waals surface area contributed by atoms with E-state index in [-0.39, 0.29) is 23.1 Å². The molecule has 2 amide bonds. The molecule has 0 saturated carbocycles. The van der Waals surface area contributed by atoms with E-state index < -0.39 is 16.1 Å². The first-order valence-corrected chi connectivity index (χ1v) is 12.1. The second-order valence-corrected chi connectivity index (χ2v) is 10.1. The quantitative estimate of drug-likeness (QED) is 0.736. The van der Waals surface area contributed by atoms with Crippen LogP contribution >= 0.6 is 0 Å². The number of amides is 2. The Morgan fingerprint density at radius 2 is 1.88 bits per heavy atom. The summed E-state index contributed by atoms with van der Waals surface area (Å²) in [5, 5.41) is 2.91. The fourth-order valence-corrected chi connectivity index (χ4v) is 5.71. The van der Waals surface area contributed by atoms with Crippen LogP contribution in [-0.4, -0.2) is 56.9 Å². The number of carbonyl (C=O) groups is 2. The molecule has 8 nitrogen and oxygen atoms in total. The van der Waals surface area contributed by atoms with E-state index in [0.717, 1.165) is 11.1 Å². The van der Waals surface area contributed by atoms with Crippen molar-refractivity contribution in [2.24, 2.45) is 0 Å². The largest absolute Gasteiger partial charge is 0.379 e. The van der Waals surface area contributed by atoms with Crippen LogP contribution in [0.25, 0.3) is 0 Å². The van der Waals surface area contributed by atoms with Crippen LogP contribution < -0.4 is 10.2 Å². The number of hydrogen-bond acceptors (Lipinski definition) is 5. The molecule has 1 fully saturated rings. The lowest BCUT2D eigenvalue weighted by molar-refractivity contribution is -0.125. The highest BCUT2D eigenvalue weighted by Gasteiger charge is 2.38. The summed E-state index contributed by atoms with van der Waals surface area (Å²) in [7, 11) is -3.66. The maximum absolute atomic E-state index is 13.0. The lowest BCUT2D eigenvalue weighted by Gasteiger charge is -2.26. The second kappa shape index (κ2) is 9.01. The van der Waals surface area contributed by atoms with Gasteiger partial charge in [0.15, 0.2) is 0 Å². The van der Waals surface area contributed by atoms with Crippen molar-refractivity contribution in [3.05, 3.63) is 59.2 Å². The Morgan fingerprint density at radius 1 is 1.12 bits per heavy atom. The smallest absolute Gasteiger partial charge is 0.243 e. The van der Waals surface area contributed by atoms with Crippen molar-refractivity contribution in [3.63, 3.8) is 0 Å². The minimum absolute atomic E-state index is 0.169. The number of benzene rings is 2. The van der Waals surface area contributed by atoms with Crippen LogP contribution in [0.3, 0.4) is 0 Å². The monoisotopic (exact) mass is 457 g/mol. The molecule has 0 bridgehead atoms. The van der Waals surface area contributed by atoms with Gasteiger partial charge >= 0.3 is 0 Å². The van der Waals surface area contributed by atoms with Crippen molar-refractivity contribution in [1.82, 2.24) is 9.62 Å². The molecular formula is C23H27N3O5S. The van der Waals surface area contributed by atoms with Gasteiger partial charge in [-0.15, -0.1) is 0 Å². The first-order valence-electron chi connectivity index (χ1n) is 10.6. The maximum Gasteiger partial charge on any atom is 0.243 e. The van der Waals surface area contributed by atoms with Gasteiger partial charge in [-0.05, 0) is 36.2 Å². The van der Waals surface area contributed by atoms with Gasteiger partial charge in [-0.2, -0.15) is 4.31 Å². The Morgan fingerprint density at radius 3 is 2.56 bits per heavy atom. The SMILES string of the molecule is CC(=O)N1c2ccc(S(=O)(=O)N3CCOCC3)cc2C[C@@H]1C(=O)NCc1cccc(C)c1. The number of fused-ring (bicyclic) bond motifs is 1. The van der Waals surface area contributed by atoms with Crippen molar-refractivity contribution < 1.29 is 22.7 Å². The summed E-state index contributed by atoms with van der Waals surface area (Å²) in [6, 6.07) is 11.8. The Bertz CT molecular complexity index is 1140. The molecule has 2 aromatic carbocycles. The molecular weight excluding hydrogens is 430 g/mol. The number of aryl methyl sites for hydroxylation is 1. The molecule has 0 aliphatic carbocycles. The summed E-state index contributed by atoms with van der Waals surface area (Å²) in [6.45, 7) is 5.10. The zero-order chi connectivity index (χ0) is 22.9. The van der Waals surface area contributed by atoms with E-state index in [1.54, 1.807) is 12.1 Å². The first-order chi connectivity index (χ1) is 15.3. The fourth-order valence-electron chi connectivity index (χ4n) is 4.25. The summed E-state index contributed by atoms with van der Waals surface area (Å²) in [6.07, 6.45) is 0.265. The predicted molar refractivity (Wildman–Crippen MR) is 120 cm³/mol. The fraction of sp³-hybridized carbons (Fsp3) is 0.391. The van der Waals surface area contributed by atoms with Gasteiger partial charge in [0.25, 0.3) is 0 Å². The van der Waals surface area contributed by atoms with E-state index in [1.165, 1.54) is 22.2 Å². The van der Waals surface area contributed by atoms with Gasteiger partial charge in [-0.3, -0.25) is 14.5 Å². The summed E-state index contributed by atoms with van der Waals surface area (Å²) in [5.41, 5.74) is 3.32. The number of nitrogens with one attached hydrogen (secondary N) is 1. The third-order valence-electron chi connectivity index (χ3n) is 5.83. The third kappa shape index (κ3) is 4.41. The minimum atomic E-state index is -3.66. The van der Waals surface area contributed by atoms with E-state index in [0.29, 0.717) is 44.1 Å². The van der Waals surface area contributed by atoms with Crippen LogP contribution in [0.4, 0.5) is 5.69 Å². The van der Waals surface area contributed by atoms with Crippen LogP contribution in [0.1, 0.15) is 23.6 Å². The molecule has 0 radical (unpaired) electrons. The Hall–Kier alpha value is -2.75. The average molecular weight is 458 g/mol. The van der Waals surface area contributed by atoms with E-state index in [1.807, 2.05) is 31.2 Å². The van der Waals surface area contributed by atoms with Crippen molar-refractivity contribution in [2.45, 2.75) is 37.8 Å². The highest BCUT2D eigenvalue weighted by atomic mass is 32.2. The number of morpholine rings is 1. The van der Waals surface area contributed by atoms with Gasteiger partial charge in [-0.1, -0.05) is 29.8 Å². The number of anilines is 1. The normalized spacial score (nSPS) is 18.9. The maximum atomic E-state index is 13.0. The molecule has 170 valence electrons. The van der Waals surface area contributed by atoms with Crippen LogP contribution in [0.2, 0.25) is 0 Å². The number of ether oxygens (including phenoxy) is 1. The summed E-state index contributed by atoms with van der Waals surface area (Å²) in [5.74, 6) is -0.529. The number of hydrogen-bond donors (Lipinski definition) is 1. The minimum Gasteiger partial charge on any atom is -0.379 e. The highest BCUT2D eigenvalue weighted by molar-refractivity contribution is 7.89. The second-order valence-electron chi connectivity index (χ2n) is 8.12. The van der Waals surface area contributed by atoms with E-state index >= 15 is 0 Å². The van der Waals surface area contributed by atoms with Crippen molar-refractivity contribution in [2.75, 3.05) is 31.2 Å². The average Bonchev–Trinajstić information content (AvgIpc) is 3.17. The third-order valence-corrected chi connectivity index (χ3v) is 7.73. The zero-order valence-corrected chi connectivity index (χ0v) is 19.0. The molecule has 9 heteroatoms. The van der Waals surface area contributed by atoms with Gasteiger partial charge in [0.2, 0.25) is 21.8 Å². The van der Waals surface area contributed by atoms with Crippen molar-refractivity contribution >= 4 is 27.5 Å². The first kappa shape index (κ1) is 22.4. The lowest BCUT2D eigenvalue weighted by Crippen LogP contribution is -2.47. The number of sulfonamides is 1. The van der Waals surface area contributed by atoms with Crippen molar-refractivity contribution in [1.29, 1.82) is 0 Å². The zero-order valence-electron chi connectivity index (χ0n) is 18.2. The van der Waals surface area contributed by atoms with E-state index in [4.69, 9.17) is 4.74 Å². The summed E-state index contributed by atoms with van der Waals surface area (Å²) >= 11 is 0. The standard InChI is InChI=1S/C23H27N3O5S/c1-16-4-3-5-18(12-16)15-24-23(28)22-14-19-13-20(6-7-21(19)26(22)17(2)27)32(29,30)25-8-10-31-11-9-25/h3-7,12-13,22H,8-11,14-15H2,1-2H3,(H,24,28)/t22-/m1/s1. The number of rotatable bonds is 5. The number of carbonyl (C=O) groups excluding carboxylic acids is 2. The van der Waals surface area contributed by atoms with Gasteiger partial charge < -0.3 is 10.1 Å². The predicted octanol–water partition coefficient (Wildman–Crippen LogP) is 1.61. The molecule has 4 rings (SSSR count). The molecule has 0 unspecified atom stereocenters. The van der Waals surface area contributed by atoms with Gasteiger partial charge in [0, 0.05) is 38.7 Å². The topological polar surface area (TPSA) is 96.0 Å². The Balaban J connectivity index is 1.55. The Labute approximate surface area is 188 Å². The summed E-state index contributed by atoms with van der Waals surface area (Å²) in [4.78, 5) is 27.0. The molecule has 1 saturated heterocycles. The van der Waals surface area contributed by atoms with Gasteiger partial charge in [0.05, 0.1) is 18.1 Å². The van der Waals surface area contributed by atoms with Crippen LogP contribution in [0.15, 0.2) is 47.4 Å². The molecule has 2 aliphatic rings. The van der Waals surface area contributed by atoms with E-state index in [9.17, 15) is 18.0 Å². The lowest BCUT2D eigenvalue weighted by atomic mass is 10.1. The highest BCUT2D eigenvalue weighted by Crippen LogP contribution is 2.35. The molecule has 0 spiro atoms. The molecule has 2 aromatic rings. The van der Waals surface area contributed by atoms with Crippen molar-refractivity contribution in [3.8, 4) is 0 Å².